The van der Waals surface area contributed by atoms with Gasteiger partial charge in [0.05, 0.1) is 5.69 Å². The molecule has 4 heteroatoms. The van der Waals surface area contributed by atoms with Gasteiger partial charge in [0, 0.05) is 26.9 Å². The molecule has 0 N–H and O–H groups in total. The van der Waals surface area contributed by atoms with Crippen molar-refractivity contribution in [3.05, 3.63) is 57.8 Å². The van der Waals surface area contributed by atoms with E-state index < -0.39 is 0 Å². The van der Waals surface area contributed by atoms with Crippen LogP contribution in [0.15, 0.2) is 47.1 Å². The number of nitrogens with zero attached hydrogens (tertiary/aromatic N) is 2. The van der Waals surface area contributed by atoms with E-state index in [1.54, 1.807) is 0 Å². The molecule has 3 rings (SSSR count). The Labute approximate surface area is 118 Å². The number of pyridine rings is 1. The normalized spacial score (nSPS) is 11.1. The molecule has 0 fully saturated rings. The van der Waals surface area contributed by atoms with Gasteiger partial charge in [-0.25, -0.2) is 4.98 Å². The molecule has 0 unspecified atom stereocenters. The van der Waals surface area contributed by atoms with Gasteiger partial charge in [-0.2, -0.15) is 0 Å². The van der Waals surface area contributed by atoms with E-state index in [-0.39, 0.29) is 0 Å². The molecule has 1 aromatic carbocycles. The lowest BCUT2D eigenvalue weighted by Gasteiger charge is -2.00. The van der Waals surface area contributed by atoms with E-state index in [4.69, 9.17) is 11.6 Å². The molecule has 0 spiro atoms. The van der Waals surface area contributed by atoms with Crippen LogP contribution in [0.5, 0.6) is 0 Å². The third-order valence-electron chi connectivity index (χ3n) is 2.94. The number of aromatic nitrogens is 2. The molecule has 0 amide bonds. The standard InChI is InChI=1S/C14H10BrClN2/c1-9-14(10-2-5-12(16)6-3-10)17-13-7-4-11(15)8-18(9)13/h2-8H,1H3. The fourth-order valence-electron chi connectivity index (χ4n) is 2.02. The molecule has 2 nitrogen and oxygen atoms in total. The van der Waals surface area contributed by atoms with Gasteiger partial charge in [0.1, 0.15) is 5.65 Å². The number of hydrogen-bond donors (Lipinski definition) is 0. The summed E-state index contributed by atoms with van der Waals surface area (Å²) >= 11 is 9.38. The first kappa shape index (κ1) is 11.8. The minimum absolute atomic E-state index is 0.739. The van der Waals surface area contributed by atoms with E-state index >= 15 is 0 Å². The number of hydrogen-bond acceptors (Lipinski definition) is 1. The zero-order valence-electron chi connectivity index (χ0n) is 9.69. The number of benzene rings is 1. The predicted molar refractivity (Wildman–Crippen MR) is 78.1 cm³/mol. The molecule has 0 bridgehead atoms. The van der Waals surface area contributed by atoms with Crippen molar-refractivity contribution in [3.8, 4) is 11.3 Å². The third kappa shape index (κ3) is 1.93. The van der Waals surface area contributed by atoms with Crippen molar-refractivity contribution in [1.82, 2.24) is 9.38 Å². The predicted octanol–water partition coefficient (Wildman–Crippen LogP) is 4.73. The van der Waals surface area contributed by atoms with Gasteiger partial charge in [-0.15, -0.1) is 0 Å². The SMILES string of the molecule is Cc1c(-c2ccc(Cl)cc2)nc2ccc(Br)cn12. The molecule has 90 valence electrons. The van der Waals surface area contributed by atoms with Crippen LogP contribution in [-0.4, -0.2) is 9.38 Å². The van der Waals surface area contributed by atoms with Crippen molar-refractivity contribution in [2.24, 2.45) is 0 Å². The fourth-order valence-corrected chi connectivity index (χ4v) is 2.48. The largest absolute Gasteiger partial charge is 0.303 e. The van der Waals surface area contributed by atoms with Crippen LogP contribution in [0, 0.1) is 6.92 Å². The Morgan fingerprint density at radius 1 is 1.11 bits per heavy atom. The van der Waals surface area contributed by atoms with Gasteiger partial charge in [0.25, 0.3) is 0 Å². The highest BCUT2D eigenvalue weighted by atomic mass is 79.9. The number of imidazole rings is 1. The average molecular weight is 322 g/mol. The van der Waals surface area contributed by atoms with Crippen molar-refractivity contribution >= 4 is 33.2 Å². The highest BCUT2D eigenvalue weighted by Crippen LogP contribution is 2.26. The van der Waals surface area contributed by atoms with Gasteiger partial charge >= 0.3 is 0 Å². The van der Waals surface area contributed by atoms with Crippen LogP contribution in [-0.2, 0) is 0 Å². The second kappa shape index (κ2) is 4.41. The van der Waals surface area contributed by atoms with E-state index in [0.717, 1.165) is 32.1 Å². The van der Waals surface area contributed by atoms with Crippen molar-refractivity contribution < 1.29 is 0 Å². The fraction of sp³-hybridized carbons (Fsp3) is 0.0714. The zero-order valence-corrected chi connectivity index (χ0v) is 12.0. The topological polar surface area (TPSA) is 17.3 Å². The maximum absolute atomic E-state index is 5.91. The lowest BCUT2D eigenvalue weighted by Crippen LogP contribution is -1.87. The van der Waals surface area contributed by atoms with Crippen LogP contribution in [0.3, 0.4) is 0 Å². The summed E-state index contributed by atoms with van der Waals surface area (Å²) in [6.07, 6.45) is 2.02. The van der Waals surface area contributed by atoms with E-state index in [1.165, 1.54) is 0 Å². The summed E-state index contributed by atoms with van der Waals surface area (Å²) in [7, 11) is 0. The van der Waals surface area contributed by atoms with Crippen molar-refractivity contribution in [3.63, 3.8) is 0 Å². The first-order valence-corrected chi connectivity index (χ1v) is 6.72. The molecule has 0 radical (unpaired) electrons. The second-order valence-electron chi connectivity index (χ2n) is 4.13. The average Bonchev–Trinajstić information content (AvgIpc) is 2.68. The number of halogens is 2. The second-order valence-corrected chi connectivity index (χ2v) is 5.48. The molecular formula is C14H10BrClN2. The first-order chi connectivity index (χ1) is 8.65. The zero-order chi connectivity index (χ0) is 12.7. The number of aryl methyl sites for hydroxylation is 1. The Hall–Kier alpha value is -1.32. The molecule has 0 aliphatic heterocycles. The van der Waals surface area contributed by atoms with Gasteiger partial charge in [0.2, 0.25) is 0 Å². The van der Waals surface area contributed by atoms with Gasteiger partial charge < -0.3 is 4.40 Å². The van der Waals surface area contributed by atoms with Crippen molar-refractivity contribution in [2.75, 3.05) is 0 Å². The summed E-state index contributed by atoms with van der Waals surface area (Å²) in [5.41, 5.74) is 4.13. The van der Waals surface area contributed by atoms with Crippen molar-refractivity contribution in [2.45, 2.75) is 6.92 Å². The summed E-state index contributed by atoms with van der Waals surface area (Å²) in [6.45, 7) is 2.07. The highest BCUT2D eigenvalue weighted by molar-refractivity contribution is 9.10. The smallest absolute Gasteiger partial charge is 0.137 e. The van der Waals surface area contributed by atoms with Gasteiger partial charge in [-0.3, -0.25) is 0 Å². The molecule has 18 heavy (non-hydrogen) atoms. The third-order valence-corrected chi connectivity index (χ3v) is 3.66. The van der Waals surface area contributed by atoms with Crippen LogP contribution < -0.4 is 0 Å². The molecule has 2 heterocycles. The van der Waals surface area contributed by atoms with E-state index in [9.17, 15) is 0 Å². The number of rotatable bonds is 1. The lowest BCUT2D eigenvalue weighted by molar-refractivity contribution is 1.10. The molecular weight excluding hydrogens is 312 g/mol. The summed E-state index contributed by atoms with van der Waals surface area (Å²) in [5, 5.41) is 0.739. The van der Waals surface area contributed by atoms with Crippen LogP contribution in [0.25, 0.3) is 16.9 Å². The van der Waals surface area contributed by atoms with Crippen LogP contribution >= 0.6 is 27.5 Å². The Bertz CT molecular complexity index is 716. The molecule has 0 atom stereocenters. The van der Waals surface area contributed by atoms with Crippen molar-refractivity contribution in [1.29, 1.82) is 0 Å². The van der Waals surface area contributed by atoms with Gasteiger partial charge in [-0.05, 0) is 47.1 Å². The molecule has 0 saturated heterocycles. The summed E-state index contributed by atoms with van der Waals surface area (Å²) in [6, 6.07) is 11.7. The van der Waals surface area contributed by atoms with Gasteiger partial charge in [0.15, 0.2) is 0 Å². The van der Waals surface area contributed by atoms with E-state index in [1.807, 2.05) is 42.6 Å². The molecule has 3 aromatic rings. The lowest BCUT2D eigenvalue weighted by atomic mass is 10.1. The molecule has 0 aliphatic carbocycles. The maximum Gasteiger partial charge on any atom is 0.137 e. The Kier molecular flexibility index (Phi) is 2.88. The monoisotopic (exact) mass is 320 g/mol. The highest BCUT2D eigenvalue weighted by Gasteiger charge is 2.10. The Morgan fingerprint density at radius 3 is 2.56 bits per heavy atom. The Morgan fingerprint density at radius 2 is 1.83 bits per heavy atom. The van der Waals surface area contributed by atoms with E-state index in [0.29, 0.717) is 0 Å². The quantitative estimate of drug-likeness (QED) is 0.633. The maximum atomic E-state index is 5.91. The summed E-state index contributed by atoms with van der Waals surface area (Å²) in [5.74, 6) is 0. The number of fused-ring (bicyclic) bond motifs is 1. The van der Waals surface area contributed by atoms with E-state index in [2.05, 4.69) is 32.2 Å². The molecule has 0 aliphatic rings. The Balaban J connectivity index is 2.23. The van der Waals surface area contributed by atoms with Crippen LogP contribution in [0.1, 0.15) is 5.69 Å². The summed E-state index contributed by atoms with van der Waals surface area (Å²) in [4.78, 5) is 4.65. The molecule has 2 aromatic heterocycles. The minimum Gasteiger partial charge on any atom is -0.303 e. The van der Waals surface area contributed by atoms with Crippen LogP contribution in [0.4, 0.5) is 0 Å². The minimum atomic E-state index is 0.739. The summed E-state index contributed by atoms with van der Waals surface area (Å²) < 4.78 is 3.12. The van der Waals surface area contributed by atoms with Crippen LogP contribution in [0.2, 0.25) is 5.02 Å². The van der Waals surface area contributed by atoms with Gasteiger partial charge in [-0.1, -0.05) is 23.7 Å². The molecule has 0 saturated carbocycles. The first-order valence-electron chi connectivity index (χ1n) is 5.55.